The molecule has 20 heavy (non-hydrogen) atoms. The van der Waals surface area contributed by atoms with E-state index in [1.165, 1.54) is 33.3 Å². The molecule has 8 heteroatoms. The molecule has 2 unspecified atom stereocenters. The molecule has 0 N–H and O–H groups in total. The molecule has 0 saturated carbocycles. The molecule has 2 saturated heterocycles. The minimum Gasteiger partial charge on any atom is -0.293 e. The number of amides is 2. The summed E-state index contributed by atoms with van der Waals surface area (Å²) in [6.45, 7) is 7.95. The first-order valence-corrected chi connectivity index (χ1v) is 8.34. The average Bonchev–Trinajstić information content (AvgIpc) is 2.84. The van der Waals surface area contributed by atoms with Gasteiger partial charge in [-0.25, -0.2) is 0 Å². The van der Waals surface area contributed by atoms with E-state index in [1.807, 2.05) is 0 Å². The smallest absolute Gasteiger partial charge is 0.243 e. The minimum absolute atomic E-state index is 0.144. The van der Waals surface area contributed by atoms with Crippen LogP contribution in [-0.4, -0.2) is 53.8 Å². The van der Waals surface area contributed by atoms with E-state index in [0.717, 1.165) is 0 Å². The second kappa shape index (κ2) is 6.38. The molecule has 0 aromatic carbocycles. The predicted molar refractivity (Wildman–Crippen MR) is 91.8 cm³/mol. The zero-order chi connectivity index (χ0) is 14.9. The summed E-state index contributed by atoms with van der Waals surface area (Å²) < 4.78 is 0.975. The summed E-state index contributed by atoms with van der Waals surface area (Å²) in [5.74, 6) is -0.289. The highest BCUT2D eigenvalue weighted by Gasteiger charge is 2.49. The van der Waals surface area contributed by atoms with Gasteiger partial charge in [0, 0.05) is 13.1 Å². The van der Waals surface area contributed by atoms with Gasteiger partial charge in [-0.3, -0.25) is 19.4 Å². The topological polar surface area (TPSA) is 40.6 Å². The van der Waals surface area contributed by atoms with Gasteiger partial charge in [0.05, 0.1) is 0 Å². The van der Waals surface area contributed by atoms with Crippen molar-refractivity contribution in [3.05, 3.63) is 25.3 Å². The van der Waals surface area contributed by atoms with Gasteiger partial charge in [0.1, 0.15) is 19.1 Å². The summed E-state index contributed by atoms with van der Waals surface area (Å²) in [7, 11) is 0. The monoisotopic (exact) mass is 344 g/mol. The molecule has 2 amide bonds. The summed E-state index contributed by atoms with van der Waals surface area (Å²) in [5, 5.41) is -1.01. The third kappa shape index (κ3) is 2.69. The van der Waals surface area contributed by atoms with E-state index in [-0.39, 0.29) is 11.8 Å². The third-order valence-corrected chi connectivity index (χ3v) is 6.30. The first-order chi connectivity index (χ1) is 9.51. The van der Waals surface area contributed by atoms with Crippen molar-refractivity contribution >= 4 is 68.4 Å². The fourth-order valence-electron chi connectivity index (χ4n) is 1.90. The highest BCUT2D eigenvalue weighted by molar-refractivity contribution is 8.27. The molecule has 0 bridgehead atoms. The van der Waals surface area contributed by atoms with Crippen LogP contribution in [0.2, 0.25) is 0 Å². The van der Waals surface area contributed by atoms with Crippen LogP contribution in [0.15, 0.2) is 25.3 Å². The molecule has 0 aliphatic carbocycles. The molecule has 2 aliphatic rings. The van der Waals surface area contributed by atoms with Gasteiger partial charge in [-0.2, -0.15) is 0 Å². The lowest BCUT2D eigenvalue weighted by Crippen LogP contribution is -2.40. The standard InChI is InChI=1S/C12H12N2O2S4/c1-3-5-13-9(15)7(19-11(13)17)8-10(16)14(6-4-2)12(18)20-8/h3-4,7-8H,1-2,5-6H2. The number of hydrogen-bond acceptors (Lipinski definition) is 6. The quantitative estimate of drug-likeness (QED) is 0.560. The van der Waals surface area contributed by atoms with Crippen LogP contribution in [0.3, 0.4) is 0 Å². The Kier molecular flexibility index (Phi) is 5.00. The van der Waals surface area contributed by atoms with Crippen LogP contribution in [0, 0.1) is 0 Å². The summed E-state index contributed by atoms with van der Waals surface area (Å²) in [4.78, 5) is 27.6. The second-order valence-electron chi connectivity index (χ2n) is 4.08. The van der Waals surface area contributed by atoms with E-state index in [2.05, 4.69) is 13.2 Å². The van der Waals surface area contributed by atoms with E-state index < -0.39 is 10.5 Å². The summed E-state index contributed by atoms with van der Waals surface area (Å²) in [6, 6.07) is 0. The normalized spacial score (nSPS) is 26.6. The lowest BCUT2D eigenvalue weighted by atomic mass is 10.2. The maximum absolute atomic E-state index is 12.3. The zero-order valence-electron chi connectivity index (χ0n) is 10.5. The van der Waals surface area contributed by atoms with Crippen molar-refractivity contribution in [2.75, 3.05) is 13.1 Å². The first-order valence-electron chi connectivity index (χ1n) is 5.77. The molecule has 2 fully saturated rings. The minimum atomic E-state index is -0.507. The lowest BCUT2D eigenvalue weighted by Gasteiger charge is -2.15. The van der Waals surface area contributed by atoms with Gasteiger partial charge < -0.3 is 0 Å². The average molecular weight is 345 g/mol. The molecule has 106 valence electrons. The van der Waals surface area contributed by atoms with E-state index in [1.54, 1.807) is 12.2 Å². The molecule has 0 spiro atoms. The van der Waals surface area contributed by atoms with Gasteiger partial charge in [0.25, 0.3) is 0 Å². The highest BCUT2D eigenvalue weighted by atomic mass is 32.2. The van der Waals surface area contributed by atoms with Gasteiger partial charge in [-0.15, -0.1) is 13.2 Å². The number of carbonyl (C=O) groups is 2. The second-order valence-corrected chi connectivity index (χ2v) is 7.63. The Bertz CT molecular complexity index is 474. The largest absolute Gasteiger partial charge is 0.293 e. The van der Waals surface area contributed by atoms with Gasteiger partial charge in [-0.1, -0.05) is 60.1 Å². The molecular formula is C12H12N2O2S4. The van der Waals surface area contributed by atoms with Gasteiger partial charge >= 0.3 is 0 Å². The van der Waals surface area contributed by atoms with Crippen LogP contribution in [-0.2, 0) is 9.59 Å². The van der Waals surface area contributed by atoms with Crippen LogP contribution < -0.4 is 0 Å². The Morgan fingerprint density at radius 1 is 0.950 bits per heavy atom. The van der Waals surface area contributed by atoms with Gasteiger partial charge in [0.2, 0.25) is 11.8 Å². The van der Waals surface area contributed by atoms with Crippen molar-refractivity contribution < 1.29 is 9.59 Å². The van der Waals surface area contributed by atoms with Crippen LogP contribution in [0.4, 0.5) is 0 Å². The summed E-state index contributed by atoms with van der Waals surface area (Å²) >= 11 is 12.9. The summed E-state index contributed by atoms with van der Waals surface area (Å²) in [6.07, 6.45) is 3.23. The van der Waals surface area contributed by atoms with Crippen molar-refractivity contribution in [3.63, 3.8) is 0 Å². The van der Waals surface area contributed by atoms with Crippen molar-refractivity contribution in [1.82, 2.24) is 9.80 Å². The van der Waals surface area contributed by atoms with Crippen molar-refractivity contribution in [1.29, 1.82) is 0 Å². The van der Waals surface area contributed by atoms with Crippen LogP contribution in [0.1, 0.15) is 0 Å². The SMILES string of the molecule is C=CCN1C(=O)C(C2SC(=S)N(CC=C)C2=O)SC1=S. The number of hydrogen-bond donors (Lipinski definition) is 0. The van der Waals surface area contributed by atoms with E-state index in [0.29, 0.717) is 21.7 Å². The lowest BCUT2D eigenvalue weighted by molar-refractivity contribution is -0.130. The number of nitrogens with zero attached hydrogens (tertiary/aromatic N) is 2. The first kappa shape index (κ1) is 15.7. The Balaban J connectivity index is 2.17. The molecule has 0 radical (unpaired) electrons. The van der Waals surface area contributed by atoms with Crippen molar-refractivity contribution in [2.24, 2.45) is 0 Å². The number of carbonyl (C=O) groups excluding carboxylic acids is 2. The van der Waals surface area contributed by atoms with Gasteiger partial charge in [-0.05, 0) is 0 Å². The molecule has 2 atom stereocenters. The third-order valence-electron chi connectivity index (χ3n) is 2.81. The Labute approximate surface area is 136 Å². The Morgan fingerprint density at radius 2 is 1.30 bits per heavy atom. The van der Waals surface area contributed by atoms with Gasteiger partial charge in [0.15, 0.2) is 0 Å². The van der Waals surface area contributed by atoms with E-state index in [4.69, 9.17) is 24.4 Å². The zero-order valence-corrected chi connectivity index (χ0v) is 13.7. The maximum Gasteiger partial charge on any atom is 0.243 e. The molecule has 4 nitrogen and oxygen atoms in total. The Hall–Kier alpha value is -0.700. The van der Waals surface area contributed by atoms with Crippen LogP contribution in [0.5, 0.6) is 0 Å². The number of thiocarbonyl (C=S) groups is 2. The van der Waals surface area contributed by atoms with E-state index >= 15 is 0 Å². The molecule has 0 aromatic heterocycles. The molecule has 2 heterocycles. The Morgan fingerprint density at radius 3 is 1.60 bits per heavy atom. The molecular weight excluding hydrogens is 332 g/mol. The number of rotatable bonds is 5. The van der Waals surface area contributed by atoms with Crippen LogP contribution in [0.25, 0.3) is 0 Å². The highest BCUT2D eigenvalue weighted by Crippen LogP contribution is 2.39. The van der Waals surface area contributed by atoms with E-state index in [9.17, 15) is 9.59 Å². The van der Waals surface area contributed by atoms with Crippen molar-refractivity contribution in [2.45, 2.75) is 10.5 Å². The fraction of sp³-hybridized carbons (Fsp3) is 0.333. The molecule has 0 aromatic rings. The van der Waals surface area contributed by atoms with Crippen molar-refractivity contribution in [3.8, 4) is 0 Å². The maximum atomic E-state index is 12.3. The number of thioether (sulfide) groups is 2. The predicted octanol–water partition coefficient (Wildman–Crippen LogP) is 1.82. The summed E-state index contributed by atoms with van der Waals surface area (Å²) in [5.41, 5.74) is 0. The van der Waals surface area contributed by atoms with Crippen LogP contribution >= 0.6 is 48.0 Å². The molecule has 2 aliphatic heterocycles. The molecule has 2 rings (SSSR count). The fourth-order valence-corrected chi connectivity index (χ4v) is 5.14.